The van der Waals surface area contributed by atoms with E-state index in [0.717, 1.165) is 21.2 Å². The van der Waals surface area contributed by atoms with Gasteiger partial charge < -0.3 is 0 Å². The van der Waals surface area contributed by atoms with E-state index < -0.39 is 6.43 Å². The maximum atomic E-state index is 12.7. The Kier molecular flexibility index (Phi) is 4.17. The molecule has 2 heterocycles. The van der Waals surface area contributed by atoms with Crippen molar-refractivity contribution in [2.24, 2.45) is 0 Å². The van der Waals surface area contributed by atoms with Gasteiger partial charge in [0, 0.05) is 22.2 Å². The average molecular weight is 322 g/mol. The molecule has 0 unspecified atom stereocenters. The molecule has 3 aromatic rings. The molecule has 0 bridgehead atoms. The van der Waals surface area contributed by atoms with Crippen molar-refractivity contribution >= 4 is 33.4 Å². The van der Waals surface area contributed by atoms with Crippen LogP contribution in [0.15, 0.2) is 41.4 Å². The van der Waals surface area contributed by atoms with Crippen LogP contribution < -0.4 is 0 Å². The third kappa shape index (κ3) is 2.91. The van der Waals surface area contributed by atoms with E-state index in [9.17, 15) is 8.78 Å². The van der Waals surface area contributed by atoms with Crippen molar-refractivity contribution in [2.75, 3.05) is 5.75 Å². The summed E-state index contributed by atoms with van der Waals surface area (Å²) in [6.45, 7) is 2.09. The van der Waals surface area contributed by atoms with Crippen LogP contribution in [-0.4, -0.2) is 15.7 Å². The third-order valence-electron chi connectivity index (χ3n) is 2.94. The second kappa shape index (κ2) is 6.07. The van der Waals surface area contributed by atoms with Gasteiger partial charge in [0.15, 0.2) is 0 Å². The summed E-state index contributed by atoms with van der Waals surface area (Å²) in [6.07, 6.45) is -1.29. The van der Waals surface area contributed by atoms with Gasteiger partial charge in [-0.25, -0.2) is 18.7 Å². The van der Waals surface area contributed by atoms with Crippen molar-refractivity contribution in [2.45, 2.75) is 18.2 Å². The van der Waals surface area contributed by atoms with Gasteiger partial charge in [0.2, 0.25) is 0 Å². The van der Waals surface area contributed by atoms with E-state index in [1.54, 1.807) is 11.8 Å². The normalized spacial score (nSPS) is 11.4. The van der Waals surface area contributed by atoms with Crippen LogP contribution in [0.5, 0.6) is 0 Å². The van der Waals surface area contributed by atoms with E-state index in [4.69, 9.17) is 0 Å². The van der Waals surface area contributed by atoms with Gasteiger partial charge in [0.1, 0.15) is 15.4 Å². The summed E-state index contributed by atoms with van der Waals surface area (Å²) in [7, 11) is 0. The molecule has 0 aliphatic heterocycles. The summed E-state index contributed by atoms with van der Waals surface area (Å²) in [6, 6.07) is 9.42. The van der Waals surface area contributed by atoms with Crippen LogP contribution in [0, 0.1) is 0 Å². The summed E-state index contributed by atoms with van der Waals surface area (Å²) in [5.41, 5.74) is 1.48. The highest BCUT2D eigenvalue weighted by atomic mass is 32.2. The van der Waals surface area contributed by atoms with Crippen LogP contribution in [0.1, 0.15) is 18.9 Å². The van der Waals surface area contributed by atoms with E-state index in [-0.39, 0.29) is 5.56 Å². The highest BCUT2D eigenvalue weighted by molar-refractivity contribution is 7.99. The van der Waals surface area contributed by atoms with Crippen molar-refractivity contribution in [1.82, 2.24) is 9.97 Å². The number of hydrogen-bond acceptors (Lipinski definition) is 4. The smallest absolute Gasteiger partial charge is 0.243 e. The van der Waals surface area contributed by atoms with E-state index in [1.807, 2.05) is 24.3 Å². The standard InChI is InChI=1S/C15H12F2N2S2/c1-2-20-12-6-4-3-5-10(12)14-19-11-7-9(13(16)17)8-18-15(11)21-14/h3-8,13H,2H2,1H3. The molecule has 2 aromatic heterocycles. The maximum absolute atomic E-state index is 12.7. The molecule has 1 aromatic carbocycles. The molecular weight excluding hydrogens is 310 g/mol. The second-order valence-electron chi connectivity index (χ2n) is 4.34. The third-order valence-corrected chi connectivity index (χ3v) is 4.91. The summed E-state index contributed by atoms with van der Waals surface area (Å²) in [4.78, 5) is 10.4. The predicted molar refractivity (Wildman–Crippen MR) is 84.2 cm³/mol. The van der Waals surface area contributed by atoms with Crippen LogP contribution >= 0.6 is 23.1 Å². The molecule has 108 valence electrons. The summed E-state index contributed by atoms with van der Waals surface area (Å²) < 4.78 is 25.4. The fourth-order valence-corrected chi connectivity index (χ4v) is 3.80. The van der Waals surface area contributed by atoms with Gasteiger partial charge >= 0.3 is 0 Å². The Morgan fingerprint density at radius 1 is 1.29 bits per heavy atom. The van der Waals surface area contributed by atoms with Crippen molar-refractivity contribution < 1.29 is 8.78 Å². The van der Waals surface area contributed by atoms with E-state index in [2.05, 4.69) is 16.9 Å². The lowest BCUT2D eigenvalue weighted by Gasteiger charge is -2.04. The van der Waals surface area contributed by atoms with Crippen LogP contribution in [0.25, 0.3) is 20.9 Å². The SMILES string of the molecule is CCSc1ccccc1-c1nc2cc(C(F)F)cnc2s1. The molecule has 0 saturated heterocycles. The number of thioether (sulfide) groups is 1. The molecule has 3 rings (SSSR count). The Balaban J connectivity index is 2.09. The van der Waals surface area contributed by atoms with Crippen LogP contribution in [0.3, 0.4) is 0 Å². The molecule has 0 aliphatic rings. The van der Waals surface area contributed by atoms with Gasteiger partial charge in [-0.2, -0.15) is 0 Å². The number of nitrogens with zero attached hydrogens (tertiary/aromatic N) is 2. The Bertz CT molecular complexity index is 771. The molecule has 0 amide bonds. The number of benzene rings is 1. The first-order chi connectivity index (χ1) is 10.2. The van der Waals surface area contributed by atoms with Crippen LogP contribution in [-0.2, 0) is 0 Å². The largest absolute Gasteiger partial charge is 0.265 e. The quantitative estimate of drug-likeness (QED) is 0.601. The first kappa shape index (κ1) is 14.4. The van der Waals surface area contributed by atoms with Crippen molar-refractivity contribution in [3.8, 4) is 10.6 Å². The number of hydrogen-bond donors (Lipinski definition) is 0. The number of aromatic nitrogens is 2. The zero-order valence-electron chi connectivity index (χ0n) is 11.2. The Morgan fingerprint density at radius 3 is 2.86 bits per heavy atom. The van der Waals surface area contributed by atoms with E-state index >= 15 is 0 Å². The Labute approximate surface area is 129 Å². The van der Waals surface area contributed by atoms with E-state index in [1.165, 1.54) is 23.6 Å². The first-order valence-corrected chi connectivity index (χ1v) is 8.26. The highest BCUT2D eigenvalue weighted by Crippen LogP contribution is 2.36. The number of alkyl halides is 2. The molecule has 21 heavy (non-hydrogen) atoms. The zero-order valence-corrected chi connectivity index (χ0v) is 12.8. The summed E-state index contributed by atoms with van der Waals surface area (Å²) in [5.74, 6) is 0.968. The number of fused-ring (bicyclic) bond motifs is 1. The Morgan fingerprint density at radius 2 is 2.10 bits per heavy atom. The average Bonchev–Trinajstić information content (AvgIpc) is 2.90. The lowest BCUT2D eigenvalue weighted by Crippen LogP contribution is -1.85. The molecule has 0 atom stereocenters. The van der Waals surface area contributed by atoms with Gasteiger partial charge in [-0.15, -0.1) is 11.8 Å². The van der Waals surface area contributed by atoms with Crippen molar-refractivity contribution in [3.05, 3.63) is 42.1 Å². The molecular formula is C15H12F2N2S2. The lowest BCUT2D eigenvalue weighted by atomic mass is 10.2. The number of thiazole rings is 1. The lowest BCUT2D eigenvalue weighted by molar-refractivity contribution is 0.151. The molecule has 0 fully saturated rings. The highest BCUT2D eigenvalue weighted by Gasteiger charge is 2.14. The van der Waals surface area contributed by atoms with Crippen molar-refractivity contribution in [1.29, 1.82) is 0 Å². The van der Waals surface area contributed by atoms with Gasteiger partial charge in [0.25, 0.3) is 6.43 Å². The predicted octanol–water partition coefficient (Wildman–Crippen LogP) is 5.41. The van der Waals surface area contributed by atoms with Gasteiger partial charge in [-0.3, -0.25) is 0 Å². The van der Waals surface area contributed by atoms with Crippen molar-refractivity contribution in [3.63, 3.8) is 0 Å². The van der Waals surface area contributed by atoms with Gasteiger partial charge in [0.05, 0.1) is 0 Å². The second-order valence-corrected chi connectivity index (χ2v) is 6.63. The topological polar surface area (TPSA) is 25.8 Å². The fraction of sp³-hybridized carbons (Fsp3) is 0.200. The molecule has 6 heteroatoms. The molecule has 0 spiro atoms. The van der Waals surface area contributed by atoms with E-state index in [0.29, 0.717) is 10.3 Å². The number of pyridine rings is 1. The molecule has 2 nitrogen and oxygen atoms in total. The first-order valence-electron chi connectivity index (χ1n) is 6.46. The number of rotatable bonds is 4. The summed E-state index contributed by atoms with van der Waals surface area (Å²) in [5, 5.41) is 0.820. The molecule has 0 saturated carbocycles. The summed E-state index contributed by atoms with van der Waals surface area (Å²) >= 11 is 3.17. The molecule has 0 aliphatic carbocycles. The molecule has 0 N–H and O–H groups in total. The van der Waals surface area contributed by atoms with Gasteiger partial charge in [-0.1, -0.05) is 36.5 Å². The minimum Gasteiger partial charge on any atom is -0.243 e. The maximum Gasteiger partial charge on any atom is 0.265 e. The fourth-order valence-electron chi connectivity index (χ4n) is 2.00. The zero-order chi connectivity index (χ0) is 14.8. The minimum absolute atomic E-state index is 0.0874. The van der Waals surface area contributed by atoms with Crippen LogP contribution in [0.4, 0.5) is 8.78 Å². The number of halogens is 2. The minimum atomic E-state index is -2.52. The molecule has 0 radical (unpaired) electrons. The van der Waals surface area contributed by atoms with Gasteiger partial charge in [-0.05, 0) is 17.9 Å². The van der Waals surface area contributed by atoms with Crippen LogP contribution in [0.2, 0.25) is 0 Å². The monoisotopic (exact) mass is 322 g/mol. The Hall–Kier alpha value is -1.53.